The van der Waals surface area contributed by atoms with Crippen molar-refractivity contribution in [1.82, 2.24) is 4.72 Å². The molecule has 140 valence electrons. The molecule has 2 atom stereocenters. The first kappa shape index (κ1) is 22.2. The van der Waals surface area contributed by atoms with Crippen molar-refractivity contribution in [2.24, 2.45) is 0 Å². The van der Waals surface area contributed by atoms with Crippen LogP contribution in [0.15, 0.2) is 40.9 Å². The second-order valence-electron chi connectivity index (χ2n) is 6.51. The van der Waals surface area contributed by atoms with E-state index in [0.29, 0.717) is 17.7 Å². The summed E-state index contributed by atoms with van der Waals surface area (Å²) in [6.45, 7) is 11.5. The van der Waals surface area contributed by atoms with Crippen LogP contribution in [0.5, 0.6) is 0 Å². The Morgan fingerprint density at radius 1 is 1.40 bits per heavy atom. The molecule has 1 aromatic rings. The molecule has 4 nitrogen and oxygen atoms in total. The van der Waals surface area contributed by atoms with E-state index in [9.17, 15) is 9.35 Å². The first-order chi connectivity index (χ1) is 11.7. The van der Waals surface area contributed by atoms with Gasteiger partial charge < -0.3 is 9.29 Å². The summed E-state index contributed by atoms with van der Waals surface area (Å²) < 4.78 is 22.1. The van der Waals surface area contributed by atoms with Gasteiger partial charge in [-0.3, -0.25) is 0 Å². The highest BCUT2D eigenvalue weighted by molar-refractivity contribution is 9.10. The van der Waals surface area contributed by atoms with Gasteiger partial charge in [-0.25, -0.2) is 4.79 Å². The number of rotatable bonds is 10. The van der Waals surface area contributed by atoms with Crippen LogP contribution in [0.1, 0.15) is 52.5 Å². The number of esters is 1. The number of carbonyl (C=O) groups excluding carboxylic acids is 1. The highest BCUT2D eigenvalue weighted by Gasteiger charge is 2.46. The maximum absolute atomic E-state index is 13.0. The number of nitrogens with one attached hydrogen (secondary N) is 1. The highest BCUT2D eigenvalue weighted by atomic mass is 79.9. The van der Waals surface area contributed by atoms with E-state index in [1.54, 1.807) is 13.8 Å². The topological polar surface area (TPSA) is 61.4 Å². The van der Waals surface area contributed by atoms with Crippen LogP contribution in [0.25, 0.3) is 0 Å². The molecule has 1 N–H and O–H groups in total. The molecule has 0 aromatic heterocycles. The summed E-state index contributed by atoms with van der Waals surface area (Å²) in [5, 5.41) is 0. The zero-order valence-electron chi connectivity index (χ0n) is 15.4. The Labute approximate surface area is 162 Å². The third-order valence-electron chi connectivity index (χ3n) is 3.57. The second-order valence-corrected chi connectivity index (χ2v) is 8.72. The smallest absolute Gasteiger partial charge is 0.336 e. The summed E-state index contributed by atoms with van der Waals surface area (Å²) in [6.07, 6.45) is 1.81. The lowest BCUT2D eigenvalue weighted by atomic mass is 9.85. The van der Waals surface area contributed by atoms with Gasteiger partial charge in [-0.2, -0.15) is 0 Å². The summed E-state index contributed by atoms with van der Waals surface area (Å²) in [6, 6.07) is 7.42. The maximum Gasteiger partial charge on any atom is 0.336 e. The van der Waals surface area contributed by atoms with Crippen LogP contribution >= 0.6 is 15.9 Å². The highest BCUT2D eigenvalue weighted by Crippen LogP contribution is 2.32. The van der Waals surface area contributed by atoms with E-state index in [-0.39, 0.29) is 6.10 Å². The number of unbranched alkanes of at least 4 members (excludes halogenated alkanes) is 1. The Morgan fingerprint density at radius 3 is 2.48 bits per heavy atom. The van der Waals surface area contributed by atoms with Crippen LogP contribution in [0.4, 0.5) is 0 Å². The lowest BCUT2D eigenvalue weighted by Gasteiger charge is -2.33. The summed E-state index contributed by atoms with van der Waals surface area (Å²) in [7, 11) is 0. The molecule has 25 heavy (non-hydrogen) atoms. The Kier molecular flexibility index (Phi) is 9.21. The fourth-order valence-electron chi connectivity index (χ4n) is 2.45. The van der Waals surface area contributed by atoms with Crippen molar-refractivity contribution in [1.29, 1.82) is 0 Å². The number of carbonyl (C=O) groups is 1. The van der Waals surface area contributed by atoms with E-state index in [2.05, 4.69) is 27.2 Å². The molecule has 1 rings (SSSR count). The Hall–Kier alpha value is -0.820. The van der Waals surface area contributed by atoms with Crippen LogP contribution in [0.3, 0.4) is 0 Å². The molecule has 6 heteroatoms. The third kappa shape index (κ3) is 6.77. The van der Waals surface area contributed by atoms with E-state index < -0.39 is 22.9 Å². The van der Waals surface area contributed by atoms with Crippen LogP contribution < -0.4 is 4.72 Å². The lowest BCUT2D eigenvalue weighted by Crippen LogP contribution is -2.53. The van der Waals surface area contributed by atoms with Crippen molar-refractivity contribution in [2.45, 2.75) is 58.6 Å². The quantitative estimate of drug-likeness (QED) is 0.334. The third-order valence-corrected chi connectivity index (χ3v) is 5.33. The number of benzene rings is 1. The molecule has 0 radical (unpaired) electrons. The molecule has 0 fully saturated rings. The molecule has 0 amide bonds. The summed E-state index contributed by atoms with van der Waals surface area (Å²) in [4.78, 5) is 13.0. The zero-order valence-corrected chi connectivity index (χ0v) is 17.8. The second kappa shape index (κ2) is 10.4. The Balaban J connectivity index is 3.33. The van der Waals surface area contributed by atoms with Gasteiger partial charge in [0.05, 0.1) is 6.10 Å². The number of hydrogen-bond donors (Lipinski definition) is 1. The molecule has 0 aliphatic rings. The van der Waals surface area contributed by atoms with Crippen LogP contribution in [-0.2, 0) is 26.4 Å². The minimum absolute atomic E-state index is 0.265. The minimum atomic E-state index is -1.35. The minimum Gasteiger partial charge on any atom is -0.598 e. The van der Waals surface area contributed by atoms with E-state index in [1.807, 2.05) is 38.1 Å². The molecule has 0 bridgehead atoms. The van der Waals surface area contributed by atoms with Gasteiger partial charge in [0, 0.05) is 22.3 Å². The predicted molar refractivity (Wildman–Crippen MR) is 108 cm³/mol. The van der Waals surface area contributed by atoms with Gasteiger partial charge in [0.15, 0.2) is 5.54 Å². The van der Waals surface area contributed by atoms with Gasteiger partial charge >= 0.3 is 5.97 Å². The van der Waals surface area contributed by atoms with Crippen LogP contribution in [0, 0.1) is 0 Å². The Bertz CT molecular complexity index is 577. The van der Waals surface area contributed by atoms with Gasteiger partial charge in [-0.15, -0.1) is 11.3 Å². The largest absolute Gasteiger partial charge is 0.598 e. The molecule has 0 spiro atoms. The number of hydrogen-bond acceptors (Lipinski definition) is 4. The number of halogens is 1. The van der Waals surface area contributed by atoms with Crippen LogP contribution in [0.2, 0.25) is 0 Å². The van der Waals surface area contributed by atoms with Gasteiger partial charge in [0.1, 0.15) is 5.75 Å². The first-order valence-electron chi connectivity index (χ1n) is 8.49. The van der Waals surface area contributed by atoms with Crippen molar-refractivity contribution in [3.05, 3.63) is 46.5 Å². The molecule has 0 aliphatic heterocycles. The van der Waals surface area contributed by atoms with E-state index in [0.717, 1.165) is 22.9 Å². The van der Waals surface area contributed by atoms with E-state index in [1.165, 1.54) is 0 Å². The van der Waals surface area contributed by atoms with Crippen molar-refractivity contribution in [3.8, 4) is 0 Å². The van der Waals surface area contributed by atoms with E-state index >= 15 is 0 Å². The summed E-state index contributed by atoms with van der Waals surface area (Å²) in [5.41, 5.74) is 0.313. The van der Waals surface area contributed by atoms with Crippen molar-refractivity contribution in [3.63, 3.8) is 0 Å². The molecule has 0 saturated carbocycles. The summed E-state index contributed by atoms with van der Waals surface area (Å²) in [5.74, 6) is 0.0533. The first-order valence-corrected chi connectivity index (χ1v) is 10.6. The van der Waals surface area contributed by atoms with Crippen molar-refractivity contribution < 1.29 is 14.1 Å². The summed E-state index contributed by atoms with van der Waals surface area (Å²) >= 11 is 2.06. The molecule has 0 saturated heterocycles. The van der Waals surface area contributed by atoms with E-state index in [4.69, 9.17) is 4.74 Å². The molecular formula is C19H28BrNO3S. The Morgan fingerprint density at radius 2 is 2.00 bits per heavy atom. The fraction of sp³-hybridized carbons (Fsp3) is 0.526. The van der Waals surface area contributed by atoms with Gasteiger partial charge in [-0.05, 0) is 44.9 Å². The number of ether oxygens (including phenoxy) is 1. The standard InChI is InChI=1S/C19H28BrNO3S/c1-6-7-12-25(23)21-19(13-14(2)3,18(22)24-15(4)5)16-8-10-17(20)11-9-16/h8-11,15,21H,2,6-7,12-13H2,1,3-5H3. The molecular weight excluding hydrogens is 402 g/mol. The zero-order chi connectivity index (χ0) is 19.0. The van der Waals surface area contributed by atoms with Crippen molar-refractivity contribution in [2.75, 3.05) is 5.75 Å². The average molecular weight is 430 g/mol. The molecule has 0 heterocycles. The fourth-order valence-corrected chi connectivity index (χ4v) is 4.03. The van der Waals surface area contributed by atoms with Gasteiger partial charge in [0.2, 0.25) is 0 Å². The predicted octanol–water partition coefficient (Wildman–Crippen LogP) is 4.62. The maximum atomic E-state index is 13.0. The SMILES string of the molecule is C=C(C)CC(N[S+]([O-])CCCC)(C(=O)OC(C)C)c1ccc(Br)cc1. The normalized spacial score (nSPS) is 14.8. The van der Waals surface area contributed by atoms with Gasteiger partial charge in [0.25, 0.3) is 0 Å². The average Bonchev–Trinajstić information content (AvgIpc) is 2.51. The monoisotopic (exact) mass is 429 g/mol. The molecule has 2 unspecified atom stereocenters. The molecule has 1 aromatic carbocycles. The van der Waals surface area contributed by atoms with Gasteiger partial charge in [-0.1, -0.05) is 47.0 Å². The van der Waals surface area contributed by atoms with Crippen molar-refractivity contribution >= 4 is 33.3 Å². The van der Waals surface area contributed by atoms with Crippen LogP contribution in [-0.4, -0.2) is 22.4 Å². The lowest BCUT2D eigenvalue weighted by molar-refractivity contribution is -0.155. The molecule has 0 aliphatic carbocycles.